The molecule has 2 heteroatoms. The van der Waals surface area contributed by atoms with E-state index in [1.807, 2.05) is 0 Å². The Hall–Kier alpha value is 0.247. The van der Waals surface area contributed by atoms with Crippen LogP contribution < -0.4 is 0 Å². The molecule has 0 aromatic rings. The Morgan fingerprint density at radius 2 is 2.00 bits per heavy atom. The van der Waals surface area contributed by atoms with Crippen molar-refractivity contribution in [3.8, 4) is 0 Å². The van der Waals surface area contributed by atoms with Crippen molar-refractivity contribution < 1.29 is 0 Å². The van der Waals surface area contributed by atoms with Gasteiger partial charge in [0.1, 0.15) is 0 Å². The Bertz CT molecular complexity index is 97.1. The van der Waals surface area contributed by atoms with Gasteiger partial charge in [0.2, 0.25) is 0 Å². The van der Waals surface area contributed by atoms with E-state index in [4.69, 9.17) is 11.6 Å². The van der Waals surface area contributed by atoms with Crippen LogP contribution in [-0.4, -0.2) is 13.6 Å². The van der Waals surface area contributed by atoms with Gasteiger partial charge in [0.05, 0.1) is 8.07 Å². The molecule has 0 atom stereocenters. The van der Waals surface area contributed by atoms with Gasteiger partial charge in [-0.3, -0.25) is 0 Å². The minimum Gasteiger partial charge on any atom is -0.130 e. The molecule has 0 fully saturated rings. The zero-order valence-electron chi connectivity index (χ0n) is 6.45. The highest BCUT2D eigenvalue weighted by atomic mass is 35.5. The van der Waals surface area contributed by atoms with Crippen LogP contribution in [0.25, 0.3) is 0 Å². The molecule has 0 nitrogen and oxygen atoms in total. The van der Waals surface area contributed by atoms with E-state index in [0.717, 1.165) is 11.9 Å². The quantitative estimate of drug-likeness (QED) is 0.442. The van der Waals surface area contributed by atoms with Gasteiger partial charge in [0, 0.05) is 5.50 Å². The lowest BCUT2D eigenvalue weighted by Crippen LogP contribution is -2.25. The third-order valence-corrected chi connectivity index (χ3v) is 5.04. The summed E-state index contributed by atoms with van der Waals surface area (Å²) in [4.78, 5) is 0. The molecule has 0 aromatic heterocycles. The standard InChI is InChI=1S/C7H15ClSi/c1-4-5-6-9(2,3)7-8/h5-6H,4,7H2,1-3H3/b6-5+. The van der Waals surface area contributed by atoms with Crippen LogP contribution in [0.15, 0.2) is 11.8 Å². The summed E-state index contributed by atoms with van der Waals surface area (Å²) in [7, 11) is -1.11. The first kappa shape index (κ1) is 9.25. The van der Waals surface area contributed by atoms with E-state index in [0.29, 0.717) is 0 Å². The second-order valence-electron chi connectivity index (χ2n) is 2.93. The highest BCUT2D eigenvalue weighted by Gasteiger charge is 2.13. The molecule has 0 aliphatic carbocycles. The molecule has 0 amide bonds. The van der Waals surface area contributed by atoms with Gasteiger partial charge in [-0.05, 0) is 6.42 Å². The van der Waals surface area contributed by atoms with Gasteiger partial charge in [-0.1, -0.05) is 31.8 Å². The fraction of sp³-hybridized carbons (Fsp3) is 0.714. The number of hydrogen-bond donors (Lipinski definition) is 0. The summed E-state index contributed by atoms with van der Waals surface area (Å²) in [5, 5.41) is 0. The smallest absolute Gasteiger partial charge is 0.0867 e. The van der Waals surface area contributed by atoms with Crippen LogP contribution in [0.1, 0.15) is 13.3 Å². The molecule has 0 spiro atoms. The summed E-state index contributed by atoms with van der Waals surface area (Å²) in [5.41, 5.74) is 3.14. The third kappa shape index (κ3) is 4.73. The Morgan fingerprint density at radius 1 is 1.44 bits per heavy atom. The lowest BCUT2D eigenvalue weighted by molar-refractivity contribution is 1.23. The zero-order valence-corrected chi connectivity index (χ0v) is 8.20. The Kier molecular flexibility index (Phi) is 4.24. The first-order valence-electron chi connectivity index (χ1n) is 3.36. The van der Waals surface area contributed by atoms with E-state index >= 15 is 0 Å². The summed E-state index contributed by atoms with van der Waals surface area (Å²) in [6.45, 7) is 6.69. The Labute approximate surface area is 63.9 Å². The summed E-state index contributed by atoms with van der Waals surface area (Å²) < 4.78 is 0. The van der Waals surface area contributed by atoms with Gasteiger partial charge in [0.25, 0.3) is 0 Å². The van der Waals surface area contributed by atoms with Gasteiger partial charge in [-0.2, -0.15) is 0 Å². The molecule has 0 unspecified atom stereocenters. The second-order valence-corrected chi connectivity index (χ2v) is 8.31. The van der Waals surface area contributed by atoms with Crippen LogP contribution in [0, 0.1) is 0 Å². The van der Waals surface area contributed by atoms with Gasteiger partial charge in [-0.15, -0.1) is 11.6 Å². The maximum absolute atomic E-state index is 5.74. The van der Waals surface area contributed by atoms with Crippen LogP contribution in [0.5, 0.6) is 0 Å². The monoisotopic (exact) mass is 162 g/mol. The molecule has 0 aromatic carbocycles. The van der Waals surface area contributed by atoms with Gasteiger partial charge in [-0.25, -0.2) is 0 Å². The molecule has 0 heterocycles. The van der Waals surface area contributed by atoms with E-state index in [2.05, 4.69) is 31.8 Å². The van der Waals surface area contributed by atoms with Crippen LogP contribution in [0.2, 0.25) is 13.1 Å². The highest BCUT2D eigenvalue weighted by molar-refractivity contribution is 6.87. The van der Waals surface area contributed by atoms with Crippen LogP contribution in [0.3, 0.4) is 0 Å². The highest BCUT2D eigenvalue weighted by Crippen LogP contribution is 2.05. The average molecular weight is 163 g/mol. The van der Waals surface area contributed by atoms with E-state index in [1.54, 1.807) is 0 Å². The van der Waals surface area contributed by atoms with E-state index < -0.39 is 8.07 Å². The third-order valence-electron chi connectivity index (χ3n) is 1.15. The number of alkyl halides is 1. The largest absolute Gasteiger partial charge is 0.130 e. The molecular weight excluding hydrogens is 148 g/mol. The van der Waals surface area contributed by atoms with Gasteiger partial charge in [0.15, 0.2) is 0 Å². The summed E-state index contributed by atoms with van der Waals surface area (Å²) in [5.74, 6) is 0. The average Bonchev–Trinajstić information content (AvgIpc) is 1.84. The van der Waals surface area contributed by atoms with Gasteiger partial charge < -0.3 is 0 Å². The van der Waals surface area contributed by atoms with Crippen LogP contribution >= 0.6 is 11.6 Å². The topological polar surface area (TPSA) is 0 Å². The van der Waals surface area contributed by atoms with Crippen molar-refractivity contribution in [3.05, 3.63) is 11.8 Å². The molecule has 0 N–H and O–H groups in total. The zero-order chi connectivity index (χ0) is 7.33. The van der Waals surface area contributed by atoms with Crippen molar-refractivity contribution in [2.45, 2.75) is 26.4 Å². The normalized spacial score (nSPS) is 12.9. The van der Waals surface area contributed by atoms with Crippen molar-refractivity contribution in [2.75, 3.05) is 5.50 Å². The Morgan fingerprint density at radius 3 is 2.33 bits per heavy atom. The molecule has 9 heavy (non-hydrogen) atoms. The van der Waals surface area contributed by atoms with Crippen molar-refractivity contribution in [3.63, 3.8) is 0 Å². The fourth-order valence-electron chi connectivity index (χ4n) is 0.481. The molecule has 0 rings (SSSR count). The summed E-state index contributed by atoms with van der Waals surface area (Å²) in [6.07, 6.45) is 3.35. The molecule has 54 valence electrons. The minimum atomic E-state index is -1.11. The van der Waals surface area contributed by atoms with Crippen LogP contribution in [0.4, 0.5) is 0 Å². The molecule has 0 saturated carbocycles. The number of hydrogen-bond acceptors (Lipinski definition) is 0. The number of rotatable bonds is 3. The van der Waals surface area contributed by atoms with Gasteiger partial charge >= 0.3 is 0 Å². The predicted octanol–water partition coefficient (Wildman–Crippen LogP) is 2.98. The van der Waals surface area contributed by atoms with Crippen molar-refractivity contribution in [1.82, 2.24) is 0 Å². The molecule has 0 aliphatic heterocycles. The number of halogens is 1. The minimum absolute atomic E-state index is 0.837. The first-order valence-corrected chi connectivity index (χ1v) is 7.18. The van der Waals surface area contributed by atoms with E-state index in [1.165, 1.54) is 0 Å². The van der Waals surface area contributed by atoms with Crippen LogP contribution in [-0.2, 0) is 0 Å². The molecular formula is C7H15ClSi. The summed E-state index contributed by atoms with van der Waals surface area (Å²) in [6, 6.07) is 0. The lowest BCUT2D eigenvalue weighted by Gasteiger charge is -2.11. The SMILES string of the molecule is CC/C=C/[Si](C)(C)CCl. The Balaban J connectivity index is 3.70. The lowest BCUT2D eigenvalue weighted by atomic mass is 10.5. The van der Waals surface area contributed by atoms with E-state index in [-0.39, 0.29) is 0 Å². The maximum Gasteiger partial charge on any atom is 0.0867 e. The number of allylic oxidation sites excluding steroid dienone is 1. The van der Waals surface area contributed by atoms with Crippen molar-refractivity contribution in [1.29, 1.82) is 0 Å². The maximum atomic E-state index is 5.74. The second kappa shape index (κ2) is 4.12. The van der Waals surface area contributed by atoms with E-state index in [9.17, 15) is 0 Å². The molecule has 0 saturated heterocycles. The summed E-state index contributed by atoms with van der Waals surface area (Å²) >= 11 is 5.74. The van der Waals surface area contributed by atoms with Crippen molar-refractivity contribution >= 4 is 19.7 Å². The van der Waals surface area contributed by atoms with Crippen molar-refractivity contribution in [2.24, 2.45) is 0 Å². The first-order chi connectivity index (χ1) is 4.12. The fourth-order valence-corrected chi connectivity index (χ4v) is 1.71. The molecule has 0 aliphatic rings. The molecule has 0 radical (unpaired) electrons. The molecule has 0 bridgehead atoms. The predicted molar refractivity (Wildman–Crippen MR) is 47.6 cm³/mol.